The number of aromatic nitrogens is 3. The SMILES string of the molecule is Cc1nc(SC(F)F)[nH]c(=O)c1CCC(=O)NCc1csc(-c2ccccc2)n1. The number of rotatable bonds is 8. The minimum atomic E-state index is -2.66. The number of H-pyrrole nitrogens is 1. The summed E-state index contributed by atoms with van der Waals surface area (Å²) in [6.07, 6.45) is 0.259. The van der Waals surface area contributed by atoms with Crippen LogP contribution in [0, 0.1) is 6.92 Å². The summed E-state index contributed by atoms with van der Waals surface area (Å²) in [5, 5.41) is 5.42. The number of amides is 1. The highest BCUT2D eigenvalue weighted by Crippen LogP contribution is 2.23. The fourth-order valence-electron chi connectivity index (χ4n) is 2.64. The van der Waals surface area contributed by atoms with Crippen molar-refractivity contribution in [3.63, 3.8) is 0 Å². The first kappa shape index (κ1) is 21.1. The molecule has 3 rings (SSSR count). The number of thiazole rings is 1. The third-order valence-corrected chi connectivity index (χ3v) is 5.58. The second-order valence-electron chi connectivity index (χ2n) is 6.10. The smallest absolute Gasteiger partial charge is 0.291 e. The maximum atomic E-state index is 12.4. The molecule has 29 heavy (non-hydrogen) atoms. The summed E-state index contributed by atoms with van der Waals surface area (Å²) >= 11 is 1.68. The van der Waals surface area contributed by atoms with Crippen molar-refractivity contribution < 1.29 is 13.6 Å². The Morgan fingerprint density at radius 3 is 2.72 bits per heavy atom. The van der Waals surface area contributed by atoms with Crippen LogP contribution < -0.4 is 10.9 Å². The Kier molecular flexibility index (Phi) is 7.10. The lowest BCUT2D eigenvalue weighted by molar-refractivity contribution is -0.121. The topological polar surface area (TPSA) is 87.7 Å². The average Bonchev–Trinajstić information content (AvgIpc) is 3.15. The van der Waals surface area contributed by atoms with Crippen molar-refractivity contribution in [1.29, 1.82) is 0 Å². The number of benzene rings is 1. The molecule has 3 aromatic rings. The molecule has 1 amide bonds. The van der Waals surface area contributed by atoms with Gasteiger partial charge < -0.3 is 10.3 Å². The number of halogens is 2. The molecule has 0 aliphatic heterocycles. The standard InChI is InChI=1S/C19H18F2N4O2S2/c1-11-14(16(27)25-19(23-11)29-18(20)21)7-8-15(26)22-9-13-10-28-17(24-13)12-5-3-2-4-6-12/h2-6,10,18H,7-9H2,1H3,(H,22,26)(H,23,25,27). The molecule has 6 nitrogen and oxygen atoms in total. The van der Waals surface area contributed by atoms with E-state index in [1.165, 1.54) is 11.3 Å². The summed E-state index contributed by atoms with van der Waals surface area (Å²) in [6.45, 7) is 1.86. The van der Waals surface area contributed by atoms with Gasteiger partial charge in [0, 0.05) is 28.6 Å². The maximum Gasteiger partial charge on any atom is 0.291 e. The average molecular weight is 437 g/mol. The van der Waals surface area contributed by atoms with E-state index < -0.39 is 11.3 Å². The first-order chi connectivity index (χ1) is 13.9. The monoisotopic (exact) mass is 436 g/mol. The molecule has 0 bridgehead atoms. The van der Waals surface area contributed by atoms with Gasteiger partial charge in [-0.3, -0.25) is 9.59 Å². The molecule has 0 unspecified atom stereocenters. The largest absolute Gasteiger partial charge is 0.350 e. The van der Waals surface area contributed by atoms with Crippen LogP contribution in [0.15, 0.2) is 45.7 Å². The molecule has 0 radical (unpaired) electrons. The highest BCUT2D eigenvalue weighted by molar-refractivity contribution is 7.99. The van der Waals surface area contributed by atoms with Crippen molar-refractivity contribution in [3.8, 4) is 10.6 Å². The predicted molar refractivity (Wildman–Crippen MR) is 109 cm³/mol. The summed E-state index contributed by atoms with van der Waals surface area (Å²) in [5.74, 6) is -2.90. The van der Waals surface area contributed by atoms with Crippen molar-refractivity contribution in [2.24, 2.45) is 0 Å². The van der Waals surface area contributed by atoms with Gasteiger partial charge in [0.15, 0.2) is 5.16 Å². The van der Waals surface area contributed by atoms with Crippen LogP contribution in [0.1, 0.15) is 23.4 Å². The molecular formula is C19H18F2N4O2S2. The fraction of sp³-hybridized carbons (Fsp3) is 0.263. The van der Waals surface area contributed by atoms with Gasteiger partial charge in [-0.2, -0.15) is 8.78 Å². The number of thioether (sulfide) groups is 1. The number of hydrogen-bond donors (Lipinski definition) is 2. The zero-order valence-corrected chi connectivity index (χ0v) is 17.1. The number of nitrogens with one attached hydrogen (secondary N) is 2. The second kappa shape index (κ2) is 9.75. The molecule has 0 spiro atoms. The minimum Gasteiger partial charge on any atom is -0.350 e. The Bertz CT molecular complexity index is 1040. The van der Waals surface area contributed by atoms with Crippen LogP contribution in [-0.4, -0.2) is 26.6 Å². The van der Waals surface area contributed by atoms with Crippen molar-refractivity contribution in [1.82, 2.24) is 20.3 Å². The van der Waals surface area contributed by atoms with Crippen LogP contribution in [0.2, 0.25) is 0 Å². The first-order valence-electron chi connectivity index (χ1n) is 8.73. The molecule has 1 aromatic carbocycles. The molecule has 152 valence electrons. The van der Waals surface area contributed by atoms with Crippen LogP contribution in [-0.2, 0) is 17.8 Å². The highest BCUT2D eigenvalue weighted by Gasteiger charge is 2.14. The van der Waals surface area contributed by atoms with E-state index in [9.17, 15) is 18.4 Å². The van der Waals surface area contributed by atoms with E-state index in [2.05, 4.69) is 20.3 Å². The maximum absolute atomic E-state index is 12.4. The van der Waals surface area contributed by atoms with E-state index in [-0.39, 0.29) is 35.7 Å². The van der Waals surface area contributed by atoms with Crippen LogP contribution in [0.3, 0.4) is 0 Å². The summed E-state index contributed by atoms with van der Waals surface area (Å²) in [7, 11) is 0. The Morgan fingerprint density at radius 1 is 1.28 bits per heavy atom. The molecule has 10 heteroatoms. The van der Waals surface area contributed by atoms with Gasteiger partial charge in [-0.15, -0.1) is 11.3 Å². The second-order valence-corrected chi connectivity index (χ2v) is 7.94. The Morgan fingerprint density at radius 2 is 2.03 bits per heavy atom. The van der Waals surface area contributed by atoms with Gasteiger partial charge in [0.25, 0.3) is 11.3 Å². The number of carbonyl (C=O) groups excluding carboxylic acids is 1. The van der Waals surface area contributed by atoms with Crippen molar-refractivity contribution >= 4 is 29.0 Å². The van der Waals surface area contributed by atoms with Gasteiger partial charge in [0.2, 0.25) is 5.91 Å². The van der Waals surface area contributed by atoms with Crippen molar-refractivity contribution in [2.45, 2.75) is 37.2 Å². The van der Waals surface area contributed by atoms with Crippen LogP contribution in [0.25, 0.3) is 10.6 Å². The van der Waals surface area contributed by atoms with Crippen LogP contribution in [0.4, 0.5) is 8.78 Å². The van der Waals surface area contributed by atoms with Gasteiger partial charge in [-0.05, 0) is 25.1 Å². The summed E-state index contributed by atoms with van der Waals surface area (Å²) in [4.78, 5) is 35.0. The number of aryl methyl sites for hydroxylation is 1. The molecule has 0 saturated heterocycles. The molecule has 2 heterocycles. The van der Waals surface area contributed by atoms with Crippen LogP contribution >= 0.6 is 23.1 Å². The summed E-state index contributed by atoms with van der Waals surface area (Å²) in [6, 6.07) is 9.76. The molecular weight excluding hydrogens is 418 g/mol. The first-order valence-corrected chi connectivity index (χ1v) is 10.5. The minimum absolute atomic E-state index is 0.0859. The van der Waals surface area contributed by atoms with E-state index in [1.54, 1.807) is 6.92 Å². The predicted octanol–water partition coefficient (Wildman–Crippen LogP) is 3.77. The van der Waals surface area contributed by atoms with Crippen molar-refractivity contribution in [2.75, 3.05) is 0 Å². The van der Waals surface area contributed by atoms with Gasteiger partial charge in [-0.25, -0.2) is 9.97 Å². The molecule has 2 aromatic heterocycles. The van der Waals surface area contributed by atoms with Gasteiger partial charge in [-0.1, -0.05) is 30.3 Å². The summed E-state index contributed by atoms with van der Waals surface area (Å²) in [5.41, 5.74) is 1.94. The molecule has 2 N–H and O–H groups in total. The Hall–Kier alpha value is -2.59. The third-order valence-electron chi connectivity index (χ3n) is 4.04. The normalized spacial score (nSPS) is 11.0. The molecule has 0 atom stereocenters. The zero-order chi connectivity index (χ0) is 20.8. The van der Waals surface area contributed by atoms with Crippen molar-refractivity contribution in [3.05, 3.63) is 63.0 Å². The number of hydrogen-bond acceptors (Lipinski definition) is 6. The number of carbonyl (C=O) groups is 1. The lowest BCUT2D eigenvalue weighted by atomic mass is 10.1. The molecule has 0 fully saturated rings. The number of alkyl halides is 2. The summed E-state index contributed by atoms with van der Waals surface area (Å²) < 4.78 is 24.8. The van der Waals surface area contributed by atoms with E-state index >= 15 is 0 Å². The molecule has 0 aliphatic carbocycles. The number of nitrogens with zero attached hydrogens (tertiary/aromatic N) is 2. The van der Waals surface area contributed by atoms with E-state index in [0.29, 0.717) is 17.8 Å². The third kappa shape index (κ3) is 5.94. The van der Waals surface area contributed by atoms with Gasteiger partial charge in [0.1, 0.15) is 5.01 Å². The molecule has 0 aliphatic rings. The van der Waals surface area contributed by atoms with E-state index in [1.807, 2.05) is 35.7 Å². The fourth-order valence-corrected chi connectivity index (χ4v) is 3.97. The number of aromatic amines is 1. The Balaban J connectivity index is 1.53. The van der Waals surface area contributed by atoms with E-state index in [4.69, 9.17) is 0 Å². The van der Waals surface area contributed by atoms with E-state index in [0.717, 1.165) is 16.3 Å². The Labute approximate surface area is 173 Å². The quantitative estimate of drug-likeness (QED) is 0.415. The highest BCUT2D eigenvalue weighted by atomic mass is 32.2. The molecule has 0 saturated carbocycles. The lowest BCUT2D eigenvalue weighted by Crippen LogP contribution is -2.25. The van der Waals surface area contributed by atoms with Gasteiger partial charge in [0.05, 0.1) is 12.2 Å². The van der Waals surface area contributed by atoms with Crippen LogP contribution in [0.5, 0.6) is 0 Å². The van der Waals surface area contributed by atoms with Gasteiger partial charge >= 0.3 is 0 Å². The lowest BCUT2D eigenvalue weighted by Gasteiger charge is -2.07. The zero-order valence-electron chi connectivity index (χ0n) is 15.4.